The van der Waals surface area contributed by atoms with Crippen molar-refractivity contribution in [2.75, 3.05) is 25.1 Å². The third-order valence-electron chi connectivity index (χ3n) is 4.41. The first-order chi connectivity index (χ1) is 13.1. The first-order valence-electron chi connectivity index (χ1n) is 9.39. The number of nitrogens with zero attached hydrogens (tertiary/aromatic N) is 3. The van der Waals surface area contributed by atoms with Crippen LogP contribution in [0.15, 0.2) is 30.6 Å². The second-order valence-electron chi connectivity index (χ2n) is 6.85. The number of rotatable bonds is 8. The van der Waals surface area contributed by atoms with Gasteiger partial charge in [-0.3, -0.25) is 0 Å². The molecule has 2 heterocycles. The summed E-state index contributed by atoms with van der Waals surface area (Å²) < 4.78 is 13.2. The molecule has 2 amide bonds. The highest BCUT2D eigenvalue weighted by Crippen LogP contribution is 2.18. The fourth-order valence-corrected chi connectivity index (χ4v) is 2.94. The summed E-state index contributed by atoms with van der Waals surface area (Å²) in [5.41, 5.74) is 0.710. The maximum Gasteiger partial charge on any atom is 0.319 e. The van der Waals surface area contributed by atoms with Gasteiger partial charge < -0.3 is 24.7 Å². The molecule has 0 saturated carbocycles. The highest BCUT2D eigenvalue weighted by atomic mass is 16.5. The Balaban J connectivity index is 1.39. The van der Waals surface area contributed by atoms with Gasteiger partial charge in [0.2, 0.25) is 0 Å². The standard InChI is InChI=1S/C19H27N5O3/c1-14(2)24-13-21-23-18(24)9-10-20-19(25)22-15-5-7-16(8-6-15)27-12-17-4-3-11-26-17/h5-8,13-14,17H,3-4,9-12H2,1-2H3,(H2,20,22,25)/t17-/m0/s1. The van der Waals surface area contributed by atoms with Crippen molar-refractivity contribution < 1.29 is 14.3 Å². The van der Waals surface area contributed by atoms with Gasteiger partial charge in [-0.25, -0.2) is 4.79 Å². The maximum absolute atomic E-state index is 12.0. The molecule has 146 valence electrons. The average Bonchev–Trinajstić information content (AvgIpc) is 3.33. The molecule has 1 saturated heterocycles. The van der Waals surface area contributed by atoms with E-state index in [0.717, 1.165) is 31.0 Å². The summed E-state index contributed by atoms with van der Waals surface area (Å²) in [4.78, 5) is 12.0. The first kappa shape index (κ1) is 19.2. The van der Waals surface area contributed by atoms with Crippen LogP contribution < -0.4 is 15.4 Å². The molecule has 8 nitrogen and oxygen atoms in total. The van der Waals surface area contributed by atoms with Crippen molar-refractivity contribution in [1.29, 1.82) is 0 Å². The number of hydrogen-bond acceptors (Lipinski definition) is 5. The van der Waals surface area contributed by atoms with E-state index in [1.807, 2.05) is 28.8 Å². The number of benzene rings is 1. The predicted octanol–water partition coefficient (Wildman–Crippen LogP) is 2.78. The fourth-order valence-electron chi connectivity index (χ4n) is 2.94. The van der Waals surface area contributed by atoms with Crippen molar-refractivity contribution >= 4 is 11.7 Å². The zero-order valence-corrected chi connectivity index (χ0v) is 15.9. The molecular formula is C19H27N5O3. The SMILES string of the molecule is CC(C)n1cnnc1CCNC(=O)Nc1ccc(OC[C@@H]2CCCO2)cc1. The van der Waals surface area contributed by atoms with Crippen LogP contribution in [0.5, 0.6) is 5.75 Å². The largest absolute Gasteiger partial charge is 0.491 e. The zero-order valence-electron chi connectivity index (χ0n) is 15.9. The van der Waals surface area contributed by atoms with E-state index in [9.17, 15) is 4.79 Å². The summed E-state index contributed by atoms with van der Waals surface area (Å²) >= 11 is 0. The van der Waals surface area contributed by atoms with E-state index in [2.05, 4.69) is 34.7 Å². The van der Waals surface area contributed by atoms with Gasteiger partial charge in [-0.1, -0.05) is 0 Å². The van der Waals surface area contributed by atoms with Crippen molar-refractivity contribution in [3.05, 3.63) is 36.4 Å². The molecule has 8 heteroatoms. The van der Waals surface area contributed by atoms with Crippen LogP contribution in [0.25, 0.3) is 0 Å². The molecule has 0 spiro atoms. The van der Waals surface area contributed by atoms with Crippen molar-refractivity contribution in [1.82, 2.24) is 20.1 Å². The van der Waals surface area contributed by atoms with Gasteiger partial charge in [0.1, 0.15) is 24.5 Å². The van der Waals surface area contributed by atoms with Crippen LogP contribution in [0.3, 0.4) is 0 Å². The van der Waals surface area contributed by atoms with E-state index in [4.69, 9.17) is 9.47 Å². The van der Waals surface area contributed by atoms with Crippen LogP contribution in [-0.2, 0) is 11.2 Å². The van der Waals surface area contributed by atoms with Crippen molar-refractivity contribution in [2.24, 2.45) is 0 Å². The van der Waals surface area contributed by atoms with Crippen LogP contribution in [0.1, 0.15) is 38.6 Å². The van der Waals surface area contributed by atoms with Crippen LogP contribution >= 0.6 is 0 Å². The molecule has 0 unspecified atom stereocenters. The van der Waals surface area contributed by atoms with Crippen molar-refractivity contribution in [3.8, 4) is 5.75 Å². The number of hydrogen-bond donors (Lipinski definition) is 2. The summed E-state index contributed by atoms with van der Waals surface area (Å²) in [5.74, 6) is 1.63. The number of amides is 2. The second-order valence-corrected chi connectivity index (χ2v) is 6.85. The molecule has 27 heavy (non-hydrogen) atoms. The zero-order chi connectivity index (χ0) is 19.1. The van der Waals surface area contributed by atoms with Gasteiger partial charge in [-0.2, -0.15) is 0 Å². The number of anilines is 1. The smallest absolute Gasteiger partial charge is 0.319 e. The summed E-state index contributed by atoms with van der Waals surface area (Å²) in [6, 6.07) is 7.37. The molecule has 2 aromatic rings. The Morgan fingerprint density at radius 3 is 2.89 bits per heavy atom. The molecule has 3 rings (SSSR count). The molecular weight excluding hydrogens is 346 g/mol. The Kier molecular flexibility index (Phi) is 6.64. The van der Waals surface area contributed by atoms with Crippen LogP contribution in [0.2, 0.25) is 0 Å². The van der Waals surface area contributed by atoms with Gasteiger partial charge in [-0.05, 0) is 51.0 Å². The van der Waals surface area contributed by atoms with Gasteiger partial charge in [0.05, 0.1) is 6.10 Å². The molecule has 1 aromatic heterocycles. The molecule has 1 aliphatic heterocycles. The lowest BCUT2D eigenvalue weighted by atomic mass is 10.2. The van der Waals surface area contributed by atoms with Crippen LogP contribution in [-0.4, -0.2) is 46.7 Å². The lowest BCUT2D eigenvalue weighted by Crippen LogP contribution is -2.31. The lowest BCUT2D eigenvalue weighted by Gasteiger charge is -2.12. The molecule has 1 aromatic carbocycles. The van der Waals surface area contributed by atoms with E-state index in [1.54, 1.807) is 6.33 Å². The van der Waals surface area contributed by atoms with Gasteiger partial charge in [0, 0.05) is 31.3 Å². The number of urea groups is 1. The molecule has 1 aliphatic rings. The van der Waals surface area contributed by atoms with Gasteiger partial charge in [0.15, 0.2) is 0 Å². The fraction of sp³-hybridized carbons (Fsp3) is 0.526. The Labute approximate surface area is 159 Å². The summed E-state index contributed by atoms with van der Waals surface area (Å²) in [7, 11) is 0. The van der Waals surface area contributed by atoms with Crippen LogP contribution in [0.4, 0.5) is 10.5 Å². The lowest BCUT2D eigenvalue weighted by molar-refractivity contribution is 0.0679. The third kappa shape index (κ3) is 5.68. The highest BCUT2D eigenvalue weighted by molar-refractivity contribution is 5.89. The molecule has 0 radical (unpaired) electrons. The molecule has 0 aliphatic carbocycles. The minimum atomic E-state index is -0.251. The number of carbonyl (C=O) groups is 1. The van der Waals surface area contributed by atoms with Crippen LogP contribution in [0, 0.1) is 0 Å². The number of ether oxygens (including phenoxy) is 2. The highest BCUT2D eigenvalue weighted by Gasteiger charge is 2.16. The van der Waals surface area contributed by atoms with E-state index in [1.165, 1.54) is 0 Å². The first-order valence-corrected chi connectivity index (χ1v) is 9.39. The van der Waals surface area contributed by atoms with E-state index in [0.29, 0.717) is 31.3 Å². The number of carbonyl (C=O) groups excluding carboxylic acids is 1. The Bertz CT molecular complexity index is 723. The van der Waals surface area contributed by atoms with Gasteiger partial charge in [0.25, 0.3) is 0 Å². The summed E-state index contributed by atoms with van der Waals surface area (Å²) in [6.45, 7) is 6.01. The van der Waals surface area contributed by atoms with Gasteiger partial charge in [-0.15, -0.1) is 10.2 Å². The Morgan fingerprint density at radius 2 is 2.19 bits per heavy atom. The topological polar surface area (TPSA) is 90.3 Å². The molecule has 2 N–H and O–H groups in total. The number of nitrogens with one attached hydrogen (secondary N) is 2. The molecule has 0 bridgehead atoms. The van der Waals surface area contributed by atoms with E-state index < -0.39 is 0 Å². The molecule has 1 atom stereocenters. The Morgan fingerprint density at radius 1 is 1.37 bits per heavy atom. The monoisotopic (exact) mass is 373 g/mol. The number of aromatic nitrogens is 3. The van der Waals surface area contributed by atoms with Gasteiger partial charge >= 0.3 is 6.03 Å². The minimum absolute atomic E-state index is 0.190. The van der Waals surface area contributed by atoms with E-state index >= 15 is 0 Å². The molecule has 1 fully saturated rings. The predicted molar refractivity (Wildman–Crippen MR) is 102 cm³/mol. The minimum Gasteiger partial charge on any atom is -0.491 e. The van der Waals surface area contributed by atoms with E-state index in [-0.39, 0.29) is 12.1 Å². The van der Waals surface area contributed by atoms with Crippen molar-refractivity contribution in [2.45, 2.75) is 45.3 Å². The quantitative estimate of drug-likeness (QED) is 0.743. The average molecular weight is 373 g/mol. The normalized spacial score (nSPS) is 16.5. The maximum atomic E-state index is 12.0. The Hall–Kier alpha value is -2.61. The summed E-state index contributed by atoms with van der Waals surface area (Å²) in [5, 5.41) is 13.7. The summed E-state index contributed by atoms with van der Waals surface area (Å²) in [6.07, 6.45) is 4.68. The second kappa shape index (κ2) is 9.36. The van der Waals surface area contributed by atoms with Crippen molar-refractivity contribution in [3.63, 3.8) is 0 Å². The third-order valence-corrected chi connectivity index (χ3v) is 4.41.